The number of nitrogens with one attached hydrogen (secondary N) is 1. The highest BCUT2D eigenvalue weighted by molar-refractivity contribution is 6.31. The van der Waals surface area contributed by atoms with E-state index in [1.165, 1.54) is 0 Å². The lowest BCUT2D eigenvalue weighted by Crippen LogP contribution is -2.45. The standard InChI is InChI=1S/C15H24ClN3O/c1-3-7-17-10-14-13(16)5-6-15(18-14)19-8-9-20-11-12(19)4-2/h5-6,12,17H,3-4,7-11H2,1-2H3. The maximum atomic E-state index is 6.24. The summed E-state index contributed by atoms with van der Waals surface area (Å²) in [5.74, 6) is 1.01. The molecule has 0 radical (unpaired) electrons. The van der Waals surface area contributed by atoms with E-state index in [-0.39, 0.29) is 0 Å². The molecule has 1 saturated heterocycles. The van der Waals surface area contributed by atoms with Crippen LogP contribution in [0.15, 0.2) is 12.1 Å². The smallest absolute Gasteiger partial charge is 0.129 e. The van der Waals surface area contributed by atoms with Crippen LogP contribution >= 0.6 is 11.6 Å². The van der Waals surface area contributed by atoms with E-state index in [0.29, 0.717) is 6.04 Å². The summed E-state index contributed by atoms with van der Waals surface area (Å²) >= 11 is 6.24. The molecule has 0 bridgehead atoms. The number of ether oxygens (including phenoxy) is 1. The van der Waals surface area contributed by atoms with Crippen molar-refractivity contribution in [2.24, 2.45) is 0 Å². The van der Waals surface area contributed by atoms with E-state index in [1.54, 1.807) is 0 Å². The highest BCUT2D eigenvalue weighted by Gasteiger charge is 2.23. The van der Waals surface area contributed by atoms with Crippen molar-refractivity contribution in [3.63, 3.8) is 0 Å². The van der Waals surface area contributed by atoms with Gasteiger partial charge < -0.3 is 15.0 Å². The molecule has 4 nitrogen and oxygen atoms in total. The summed E-state index contributed by atoms with van der Waals surface area (Å²) in [5, 5.41) is 4.09. The molecule has 20 heavy (non-hydrogen) atoms. The van der Waals surface area contributed by atoms with Crippen molar-refractivity contribution < 1.29 is 4.74 Å². The summed E-state index contributed by atoms with van der Waals surface area (Å²) in [6, 6.07) is 4.38. The predicted molar refractivity (Wildman–Crippen MR) is 83.5 cm³/mol. The molecule has 1 N–H and O–H groups in total. The molecule has 1 atom stereocenters. The first-order valence-corrected chi connectivity index (χ1v) is 7.84. The molecule has 1 aliphatic rings. The Labute approximate surface area is 126 Å². The maximum Gasteiger partial charge on any atom is 0.129 e. The lowest BCUT2D eigenvalue weighted by atomic mass is 10.1. The second-order valence-electron chi connectivity index (χ2n) is 5.11. The molecule has 1 aromatic rings. The van der Waals surface area contributed by atoms with Gasteiger partial charge in [-0.25, -0.2) is 4.98 Å². The Morgan fingerprint density at radius 1 is 1.45 bits per heavy atom. The van der Waals surface area contributed by atoms with Crippen molar-refractivity contribution in [1.29, 1.82) is 0 Å². The summed E-state index contributed by atoms with van der Waals surface area (Å²) in [6.07, 6.45) is 2.17. The van der Waals surface area contributed by atoms with E-state index in [0.717, 1.165) is 62.2 Å². The Kier molecular flexibility index (Phi) is 6.07. The first-order valence-electron chi connectivity index (χ1n) is 7.46. The third kappa shape index (κ3) is 3.84. The topological polar surface area (TPSA) is 37.4 Å². The molecule has 5 heteroatoms. The molecular weight excluding hydrogens is 274 g/mol. The van der Waals surface area contributed by atoms with Crippen LogP contribution in [0.4, 0.5) is 5.82 Å². The van der Waals surface area contributed by atoms with Crippen molar-refractivity contribution in [3.8, 4) is 0 Å². The first-order chi connectivity index (χ1) is 9.76. The van der Waals surface area contributed by atoms with Gasteiger partial charge in [0.15, 0.2) is 0 Å². The molecular formula is C15H24ClN3O. The van der Waals surface area contributed by atoms with Crippen LogP contribution in [0.2, 0.25) is 5.02 Å². The summed E-state index contributed by atoms with van der Waals surface area (Å²) in [4.78, 5) is 7.08. The van der Waals surface area contributed by atoms with Gasteiger partial charge in [-0.3, -0.25) is 0 Å². The van der Waals surface area contributed by atoms with Gasteiger partial charge in [0.1, 0.15) is 5.82 Å². The van der Waals surface area contributed by atoms with Gasteiger partial charge in [0.2, 0.25) is 0 Å². The minimum Gasteiger partial charge on any atom is -0.377 e. The molecule has 2 heterocycles. The molecule has 1 fully saturated rings. The van der Waals surface area contributed by atoms with E-state index < -0.39 is 0 Å². The number of halogens is 1. The van der Waals surface area contributed by atoms with Gasteiger partial charge in [0, 0.05) is 13.1 Å². The van der Waals surface area contributed by atoms with Crippen LogP contribution in [0.25, 0.3) is 0 Å². The van der Waals surface area contributed by atoms with Gasteiger partial charge in [-0.1, -0.05) is 25.4 Å². The zero-order valence-electron chi connectivity index (χ0n) is 12.4. The predicted octanol–water partition coefficient (Wildman–Crippen LogP) is 2.85. The van der Waals surface area contributed by atoms with Crippen LogP contribution in [-0.2, 0) is 11.3 Å². The quantitative estimate of drug-likeness (QED) is 0.819. The van der Waals surface area contributed by atoms with Crippen LogP contribution in [-0.4, -0.2) is 37.3 Å². The van der Waals surface area contributed by atoms with Gasteiger partial charge in [0.25, 0.3) is 0 Å². The summed E-state index contributed by atoms with van der Waals surface area (Å²) in [7, 11) is 0. The average molecular weight is 298 g/mol. The number of aromatic nitrogens is 1. The van der Waals surface area contributed by atoms with E-state index >= 15 is 0 Å². The van der Waals surface area contributed by atoms with Crippen molar-refractivity contribution in [2.45, 2.75) is 39.3 Å². The normalized spacial score (nSPS) is 19.4. The minimum absolute atomic E-state index is 0.411. The Morgan fingerprint density at radius 2 is 2.30 bits per heavy atom. The van der Waals surface area contributed by atoms with Gasteiger partial charge in [-0.2, -0.15) is 0 Å². The monoisotopic (exact) mass is 297 g/mol. The van der Waals surface area contributed by atoms with Gasteiger partial charge >= 0.3 is 0 Å². The number of nitrogens with zero attached hydrogens (tertiary/aromatic N) is 2. The largest absolute Gasteiger partial charge is 0.377 e. The lowest BCUT2D eigenvalue weighted by Gasteiger charge is -2.36. The van der Waals surface area contributed by atoms with Crippen molar-refractivity contribution in [2.75, 3.05) is 31.2 Å². The molecule has 0 aliphatic carbocycles. The van der Waals surface area contributed by atoms with E-state index in [4.69, 9.17) is 21.3 Å². The number of pyridine rings is 1. The molecule has 1 aromatic heterocycles. The Morgan fingerprint density at radius 3 is 3.05 bits per heavy atom. The Balaban J connectivity index is 2.12. The SMILES string of the molecule is CCCNCc1nc(N2CCOCC2CC)ccc1Cl. The number of anilines is 1. The molecule has 1 unspecified atom stereocenters. The van der Waals surface area contributed by atoms with E-state index in [9.17, 15) is 0 Å². The highest BCUT2D eigenvalue weighted by Crippen LogP contribution is 2.23. The summed E-state index contributed by atoms with van der Waals surface area (Å²) in [6.45, 7) is 8.49. The Hall–Kier alpha value is -0.840. The summed E-state index contributed by atoms with van der Waals surface area (Å²) < 4.78 is 5.55. The van der Waals surface area contributed by atoms with Gasteiger partial charge in [-0.05, 0) is 31.5 Å². The van der Waals surface area contributed by atoms with Crippen LogP contribution < -0.4 is 10.2 Å². The third-order valence-corrected chi connectivity index (χ3v) is 3.96. The number of morpholine rings is 1. The van der Waals surface area contributed by atoms with Gasteiger partial charge in [0.05, 0.1) is 30.0 Å². The third-order valence-electron chi connectivity index (χ3n) is 3.62. The fourth-order valence-electron chi connectivity index (χ4n) is 2.43. The van der Waals surface area contributed by atoms with E-state index in [2.05, 4.69) is 24.1 Å². The molecule has 112 valence electrons. The van der Waals surface area contributed by atoms with E-state index in [1.807, 2.05) is 12.1 Å². The molecule has 0 aromatic carbocycles. The zero-order chi connectivity index (χ0) is 14.4. The van der Waals surface area contributed by atoms with Crippen molar-refractivity contribution >= 4 is 17.4 Å². The second-order valence-corrected chi connectivity index (χ2v) is 5.51. The summed E-state index contributed by atoms with van der Waals surface area (Å²) in [5.41, 5.74) is 0.930. The minimum atomic E-state index is 0.411. The molecule has 0 spiro atoms. The highest BCUT2D eigenvalue weighted by atomic mass is 35.5. The first kappa shape index (κ1) is 15.5. The fourth-order valence-corrected chi connectivity index (χ4v) is 2.61. The van der Waals surface area contributed by atoms with Gasteiger partial charge in [-0.15, -0.1) is 0 Å². The number of hydrogen-bond donors (Lipinski definition) is 1. The van der Waals surface area contributed by atoms with Crippen LogP contribution in [0.5, 0.6) is 0 Å². The van der Waals surface area contributed by atoms with Crippen molar-refractivity contribution in [1.82, 2.24) is 10.3 Å². The molecule has 0 amide bonds. The molecule has 2 rings (SSSR count). The average Bonchev–Trinajstić information content (AvgIpc) is 2.49. The number of rotatable bonds is 6. The molecule has 0 saturated carbocycles. The van der Waals surface area contributed by atoms with Crippen LogP contribution in [0.1, 0.15) is 32.4 Å². The fraction of sp³-hybridized carbons (Fsp3) is 0.667. The zero-order valence-corrected chi connectivity index (χ0v) is 13.1. The second kappa shape index (κ2) is 7.81. The number of hydrogen-bond acceptors (Lipinski definition) is 4. The van der Waals surface area contributed by atoms with Crippen LogP contribution in [0.3, 0.4) is 0 Å². The lowest BCUT2D eigenvalue weighted by molar-refractivity contribution is 0.0925. The van der Waals surface area contributed by atoms with Crippen LogP contribution in [0, 0.1) is 0 Å². The van der Waals surface area contributed by atoms with Crippen molar-refractivity contribution in [3.05, 3.63) is 22.8 Å². The molecule has 1 aliphatic heterocycles. The maximum absolute atomic E-state index is 6.24. The Bertz CT molecular complexity index is 428.